The van der Waals surface area contributed by atoms with Crippen molar-refractivity contribution < 1.29 is 9.47 Å². The number of aryl methyl sites for hydroxylation is 1. The molecule has 1 aromatic heterocycles. The highest BCUT2D eigenvalue weighted by Gasteiger charge is 2.32. The summed E-state index contributed by atoms with van der Waals surface area (Å²) in [6.45, 7) is 6.60. The van der Waals surface area contributed by atoms with Crippen LogP contribution in [0.2, 0.25) is 0 Å². The summed E-state index contributed by atoms with van der Waals surface area (Å²) in [7, 11) is 3.72. The molecule has 1 aliphatic heterocycles. The van der Waals surface area contributed by atoms with Crippen LogP contribution in [0.3, 0.4) is 0 Å². The van der Waals surface area contributed by atoms with E-state index in [1.54, 1.807) is 7.11 Å². The van der Waals surface area contributed by atoms with Gasteiger partial charge >= 0.3 is 0 Å². The number of aromatic nitrogens is 3. The highest BCUT2D eigenvalue weighted by atomic mass is 16.5. The van der Waals surface area contributed by atoms with Gasteiger partial charge in [0.25, 0.3) is 0 Å². The summed E-state index contributed by atoms with van der Waals surface area (Å²) < 4.78 is 13.3. The summed E-state index contributed by atoms with van der Waals surface area (Å²) in [5, 5.41) is 15.3. The van der Waals surface area contributed by atoms with Gasteiger partial charge < -0.3 is 24.7 Å². The Morgan fingerprint density at radius 1 is 1.28 bits per heavy atom. The molecule has 0 bridgehead atoms. The number of hydrogen-bond acceptors (Lipinski definition) is 5. The van der Waals surface area contributed by atoms with Crippen molar-refractivity contribution in [2.24, 2.45) is 12.0 Å². The maximum Gasteiger partial charge on any atom is 0.192 e. The van der Waals surface area contributed by atoms with Crippen LogP contribution < -0.4 is 10.6 Å². The Morgan fingerprint density at radius 2 is 2.00 bits per heavy atom. The van der Waals surface area contributed by atoms with Crippen molar-refractivity contribution in [1.82, 2.24) is 25.4 Å². The van der Waals surface area contributed by atoms with Gasteiger partial charge in [-0.05, 0) is 19.4 Å². The van der Waals surface area contributed by atoms with Gasteiger partial charge in [-0.2, -0.15) is 0 Å². The van der Waals surface area contributed by atoms with Crippen molar-refractivity contribution in [3.05, 3.63) is 47.5 Å². The van der Waals surface area contributed by atoms with Crippen molar-refractivity contribution in [2.45, 2.75) is 44.9 Å². The van der Waals surface area contributed by atoms with E-state index in [2.05, 4.69) is 39.9 Å². The third-order valence-corrected chi connectivity index (χ3v) is 5.63. The molecular weight excluding hydrogens is 368 g/mol. The molecule has 2 heterocycles. The van der Waals surface area contributed by atoms with Crippen LogP contribution in [-0.2, 0) is 23.1 Å². The largest absolute Gasteiger partial charge is 0.381 e. The second-order valence-corrected chi connectivity index (χ2v) is 7.52. The quantitative estimate of drug-likeness (QED) is 0.547. The smallest absolute Gasteiger partial charge is 0.192 e. The van der Waals surface area contributed by atoms with E-state index >= 15 is 0 Å². The van der Waals surface area contributed by atoms with Gasteiger partial charge in [-0.1, -0.05) is 30.3 Å². The predicted octanol–water partition coefficient (Wildman–Crippen LogP) is 2.12. The average Bonchev–Trinajstić information content (AvgIpc) is 3.09. The van der Waals surface area contributed by atoms with Crippen molar-refractivity contribution in [3.63, 3.8) is 0 Å². The van der Waals surface area contributed by atoms with Crippen LogP contribution in [0.25, 0.3) is 0 Å². The molecule has 0 aliphatic carbocycles. The van der Waals surface area contributed by atoms with Crippen LogP contribution >= 0.6 is 0 Å². The van der Waals surface area contributed by atoms with Crippen LogP contribution in [0.4, 0.5) is 0 Å². The summed E-state index contributed by atoms with van der Waals surface area (Å²) in [5.41, 5.74) is 0.960. The molecule has 1 atom stereocenters. The lowest BCUT2D eigenvalue weighted by Crippen LogP contribution is -2.51. The molecule has 158 valence electrons. The summed E-state index contributed by atoms with van der Waals surface area (Å²) in [4.78, 5) is 4.77. The minimum absolute atomic E-state index is 0.108. The van der Waals surface area contributed by atoms with Gasteiger partial charge in [0, 0.05) is 46.8 Å². The minimum Gasteiger partial charge on any atom is -0.381 e. The maximum absolute atomic E-state index is 5.85. The first-order chi connectivity index (χ1) is 14.0. The molecule has 2 aromatic rings. The lowest BCUT2D eigenvalue weighted by Gasteiger charge is -2.36. The Labute approximate surface area is 172 Å². The Balaban J connectivity index is 1.73. The average molecular weight is 401 g/mol. The molecule has 0 radical (unpaired) electrons. The number of benzene rings is 1. The van der Waals surface area contributed by atoms with E-state index in [0.29, 0.717) is 26.3 Å². The Kier molecular flexibility index (Phi) is 7.22. The Bertz CT molecular complexity index is 799. The molecule has 1 aliphatic rings. The van der Waals surface area contributed by atoms with E-state index in [4.69, 9.17) is 14.5 Å². The molecule has 1 saturated heterocycles. The first kappa shape index (κ1) is 21.3. The van der Waals surface area contributed by atoms with Gasteiger partial charge in [0.1, 0.15) is 12.4 Å². The Morgan fingerprint density at radius 3 is 2.62 bits per heavy atom. The molecule has 0 spiro atoms. The lowest BCUT2D eigenvalue weighted by molar-refractivity contribution is -0.0855. The van der Waals surface area contributed by atoms with E-state index in [0.717, 1.165) is 30.5 Å². The minimum atomic E-state index is -0.238. The number of guanidine groups is 1. The predicted molar refractivity (Wildman–Crippen MR) is 113 cm³/mol. The van der Waals surface area contributed by atoms with Gasteiger partial charge in [0.15, 0.2) is 11.8 Å². The molecule has 8 nitrogen and oxygen atoms in total. The number of methoxy groups -OCH3 is 1. The van der Waals surface area contributed by atoms with E-state index in [9.17, 15) is 0 Å². The van der Waals surface area contributed by atoms with E-state index < -0.39 is 0 Å². The fraction of sp³-hybridized carbons (Fsp3) is 0.571. The molecule has 1 unspecified atom stereocenters. The van der Waals surface area contributed by atoms with Gasteiger partial charge in [-0.25, -0.2) is 4.99 Å². The van der Waals surface area contributed by atoms with Gasteiger partial charge in [-0.15, -0.1) is 10.2 Å². The third-order valence-electron chi connectivity index (χ3n) is 5.63. The summed E-state index contributed by atoms with van der Waals surface area (Å²) >= 11 is 0. The highest BCUT2D eigenvalue weighted by molar-refractivity contribution is 5.80. The second-order valence-electron chi connectivity index (χ2n) is 7.52. The molecule has 2 N–H and O–H groups in total. The van der Waals surface area contributed by atoms with Crippen LogP contribution in [0.15, 0.2) is 35.3 Å². The maximum atomic E-state index is 5.85. The van der Waals surface area contributed by atoms with Gasteiger partial charge in [0.2, 0.25) is 0 Å². The number of nitrogens with one attached hydrogen (secondary N) is 2. The normalized spacial score (nSPS) is 17.7. The molecule has 3 rings (SSSR count). The first-order valence-electron chi connectivity index (χ1n) is 10.1. The molecular formula is C21H32N6O2. The Hall–Kier alpha value is -2.45. The van der Waals surface area contributed by atoms with E-state index in [1.165, 1.54) is 5.56 Å². The highest BCUT2D eigenvalue weighted by Crippen LogP contribution is 2.23. The standard InChI is InChI=1S/C21H32N6O2/c1-16(18-8-6-5-7-9-18)24-20(22-14-19-26-25-17(2)27(19)3)23-15-21(28-4)10-12-29-13-11-21/h5-9,16H,10-15H2,1-4H3,(H2,22,23,24). The van der Waals surface area contributed by atoms with Crippen LogP contribution in [-0.4, -0.2) is 53.2 Å². The van der Waals surface area contributed by atoms with E-state index in [-0.39, 0.29) is 11.6 Å². The lowest BCUT2D eigenvalue weighted by atomic mass is 9.94. The molecule has 1 aromatic carbocycles. The van der Waals surface area contributed by atoms with Crippen LogP contribution in [0.5, 0.6) is 0 Å². The third kappa shape index (κ3) is 5.55. The number of rotatable bonds is 7. The monoisotopic (exact) mass is 400 g/mol. The SMILES string of the molecule is COC1(CNC(=NCc2nnc(C)n2C)NC(C)c2ccccc2)CCOCC1. The first-order valence-corrected chi connectivity index (χ1v) is 10.1. The number of nitrogens with zero attached hydrogens (tertiary/aromatic N) is 4. The zero-order valence-electron chi connectivity index (χ0n) is 17.8. The zero-order chi connectivity index (χ0) is 20.7. The second kappa shape index (κ2) is 9.84. The fourth-order valence-corrected chi connectivity index (χ4v) is 3.36. The molecule has 29 heavy (non-hydrogen) atoms. The fourth-order valence-electron chi connectivity index (χ4n) is 3.36. The van der Waals surface area contributed by atoms with Crippen molar-refractivity contribution in [1.29, 1.82) is 0 Å². The molecule has 0 amide bonds. The van der Waals surface area contributed by atoms with Crippen LogP contribution in [0, 0.1) is 6.92 Å². The van der Waals surface area contributed by atoms with Crippen molar-refractivity contribution >= 4 is 5.96 Å². The van der Waals surface area contributed by atoms with Gasteiger partial charge in [-0.3, -0.25) is 0 Å². The van der Waals surface area contributed by atoms with Crippen molar-refractivity contribution in [3.8, 4) is 0 Å². The molecule has 8 heteroatoms. The summed E-state index contributed by atoms with van der Waals surface area (Å²) in [6, 6.07) is 10.4. The summed E-state index contributed by atoms with van der Waals surface area (Å²) in [6.07, 6.45) is 1.72. The number of aliphatic imine (C=N–C) groups is 1. The summed E-state index contributed by atoms with van der Waals surface area (Å²) in [5.74, 6) is 2.42. The number of ether oxygens (including phenoxy) is 2. The zero-order valence-corrected chi connectivity index (χ0v) is 17.8. The molecule has 0 saturated carbocycles. The van der Waals surface area contributed by atoms with Crippen LogP contribution in [0.1, 0.15) is 43.0 Å². The van der Waals surface area contributed by atoms with E-state index in [1.807, 2.05) is 36.7 Å². The van der Waals surface area contributed by atoms with Crippen molar-refractivity contribution in [2.75, 3.05) is 26.9 Å². The number of hydrogen-bond donors (Lipinski definition) is 2. The van der Waals surface area contributed by atoms with Gasteiger partial charge in [0.05, 0.1) is 11.6 Å². The topological polar surface area (TPSA) is 85.6 Å². The molecule has 1 fully saturated rings.